The molecule has 6 heteroatoms. The van der Waals surface area contributed by atoms with Crippen molar-refractivity contribution in [3.05, 3.63) is 0 Å². The van der Waals surface area contributed by atoms with Crippen LogP contribution in [0.2, 0.25) is 0 Å². The summed E-state index contributed by atoms with van der Waals surface area (Å²) in [4.78, 5) is 20.9. The molecule has 0 aromatic carbocycles. The molecule has 0 saturated heterocycles. The lowest BCUT2D eigenvalue weighted by molar-refractivity contribution is -0.873. The van der Waals surface area contributed by atoms with E-state index in [-0.39, 0.29) is 11.0 Å². The van der Waals surface area contributed by atoms with Gasteiger partial charge in [0.15, 0.2) is 0 Å². The van der Waals surface area contributed by atoms with Crippen LogP contribution in [0.3, 0.4) is 0 Å². The van der Waals surface area contributed by atoms with Crippen LogP contribution in [-0.2, 0) is 9.59 Å². The maximum absolute atomic E-state index is 10.5. The summed E-state index contributed by atoms with van der Waals surface area (Å²) in [5.41, 5.74) is 0. The molecule has 14 heavy (non-hydrogen) atoms. The van der Waals surface area contributed by atoms with Crippen molar-refractivity contribution in [2.75, 3.05) is 27.7 Å². The minimum atomic E-state index is -1.87. The van der Waals surface area contributed by atoms with Crippen molar-refractivity contribution >= 4 is 11.9 Å². The van der Waals surface area contributed by atoms with Crippen molar-refractivity contribution in [1.82, 2.24) is 0 Å². The van der Waals surface area contributed by atoms with E-state index in [1.54, 1.807) is 21.1 Å². The number of carboxylic acids is 2. The first-order valence-corrected chi connectivity index (χ1v) is 4.07. The lowest BCUT2D eigenvalue weighted by Crippen LogP contribution is -2.51. The highest BCUT2D eigenvalue weighted by atomic mass is 16.4. The van der Waals surface area contributed by atoms with Crippen molar-refractivity contribution in [3.63, 3.8) is 0 Å². The number of hydrogen-bond acceptors (Lipinski definition) is 4. The van der Waals surface area contributed by atoms with E-state index in [0.717, 1.165) is 0 Å². The van der Waals surface area contributed by atoms with Crippen molar-refractivity contribution in [3.8, 4) is 0 Å². The van der Waals surface area contributed by atoms with Crippen LogP contribution in [0, 0.1) is 5.92 Å². The molecule has 0 radical (unpaired) electrons. The number of aliphatic carboxylic acids is 2. The predicted octanol–water partition coefficient (Wildman–Crippen LogP) is -2.50. The fourth-order valence-corrected chi connectivity index (χ4v) is 1.09. The van der Waals surface area contributed by atoms with Gasteiger partial charge in [-0.15, -0.1) is 0 Å². The zero-order valence-corrected chi connectivity index (χ0v) is 8.43. The van der Waals surface area contributed by atoms with Gasteiger partial charge in [0, 0.05) is 0 Å². The second-order valence-electron chi connectivity index (χ2n) is 4.18. The van der Waals surface area contributed by atoms with Crippen molar-refractivity contribution in [2.45, 2.75) is 6.10 Å². The molecule has 0 aromatic rings. The van der Waals surface area contributed by atoms with E-state index in [9.17, 15) is 19.8 Å². The Kier molecular flexibility index (Phi) is 4.03. The van der Waals surface area contributed by atoms with Crippen LogP contribution in [0.25, 0.3) is 0 Å². The molecular formula is C8H15NO5. The molecule has 2 N–H and O–H groups in total. The van der Waals surface area contributed by atoms with Gasteiger partial charge >= 0.3 is 5.97 Å². The van der Waals surface area contributed by atoms with Crippen LogP contribution in [0.4, 0.5) is 0 Å². The second kappa shape index (κ2) is 4.39. The van der Waals surface area contributed by atoms with Crippen molar-refractivity contribution in [2.24, 2.45) is 5.92 Å². The summed E-state index contributed by atoms with van der Waals surface area (Å²) in [5.74, 6) is -5.21. The molecular weight excluding hydrogens is 190 g/mol. The lowest BCUT2D eigenvalue weighted by Gasteiger charge is -2.29. The number of hydrogen-bond donors (Lipinski definition) is 2. The molecule has 0 aliphatic rings. The summed E-state index contributed by atoms with van der Waals surface area (Å²) in [7, 11) is 5.16. The average Bonchev–Trinajstić information content (AvgIpc) is 1.78. The maximum Gasteiger partial charge on any atom is 0.315 e. The number of likely N-dealkylation sites (N-methyl/N-ethyl adjacent to an activating group) is 1. The van der Waals surface area contributed by atoms with E-state index in [1.165, 1.54) is 0 Å². The first kappa shape index (κ1) is 12.9. The Morgan fingerprint density at radius 2 is 1.79 bits per heavy atom. The van der Waals surface area contributed by atoms with Crippen molar-refractivity contribution in [1.29, 1.82) is 0 Å². The minimum Gasteiger partial charge on any atom is -0.549 e. The van der Waals surface area contributed by atoms with E-state index < -0.39 is 24.0 Å². The molecule has 0 aliphatic carbocycles. The molecule has 2 atom stereocenters. The number of nitrogens with zero attached hydrogens (tertiary/aromatic N) is 1. The van der Waals surface area contributed by atoms with Gasteiger partial charge in [-0.3, -0.25) is 4.79 Å². The molecule has 0 amide bonds. The highest BCUT2D eigenvalue weighted by Gasteiger charge is 2.31. The number of aliphatic hydroxyl groups excluding tert-OH is 1. The van der Waals surface area contributed by atoms with Gasteiger partial charge in [0.25, 0.3) is 0 Å². The standard InChI is InChI=1S/C8H15NO5/c1-9(2,3)4-5(10)6(7(11)12)8(13)14/h5-6,10H,4H2,1-3H3,(H-,11,12,13,14). The van der Waals surface area contributed by atoms with Crippen LogP contribution in [-0.4, -0.2) is 60.4 Å². The number of rotatable bonds is 5. The van der Waals surface area contributed by atoms with Crippen LogP contribution in [0.5, 0.6) is 0 Å². The van der Waals surface area contributed by atoms with Gasteiger partial charge in [0.2, 0.25) is 0 Å². The highest BCUT2D eigenvalue weighted by Crippen LogP contribution is 2.07. The number of carbonyl (C=O) groups is 2. The maximum atomic E-state index is 10.5. The first-order valence-electron chi connectivity index (χ1n) is 4.07. The summed E-state index contributed by atoms with van der Waals surface area (Å²) in [5, 5.41) is 28.3. The van der Waals surface area contributed by atoms with Crippen LogP contribution in [0.15, 0.2) is 0 Å². The molecule has 0 bridgehead atoms. The van der Waals surface area contributed by atoms with Gasteiger partial charge in [0.1, 0.15) is 18.6 Å². The van der Waals surface area contributed by atoms with Crippen LogP contribution >= 0.6 is 0 Å². The monoisotopic (exact) mass is 205 g/mol. The number of carbonyl (C=O) groups excluding carboxylic acids is 1. The van der Waals surface area contributed by atoms with E-state index in [1.807, 2.05) is 0 Å². The third-order valence-corrected chi connectivity index (χ3v) is 1.64. The Morgan fingerprint density at radius 1 is 1.36 bits per heavy atom. The molecule has 0 fully saturated rings. The van der Waals surface area contributed by atoms with Gasteiger partial charge < -0.3 is 24.6 Å². The van der Waals surface area contributed by atoms with Gasteiger partial charge in [-0.2, -0.15) is 0 Å². The smallest absolute Gasteiger partial charge is 0.315 e. The molecule has 6 nitrogen and oxygen atoms in total. The quantitative estimate of drug-likeness (QED) is 0.382. The van der Waals surface area contributed by atoms with Crippen LogP contribution in [0.1, 0.15) is 0 Å². The highest BCUT2D eigenvalue weighted by molar-refractivity contribution is 5.92. The number of aliphatic hydroxyl groups is 1. The molecule has 0 aliphatic heterocycles. The van der Waals surface area contributed by atoms with Crippen LogP contribution < -0.4 is 5.11 Å². The molecule has 0 heterocycles. The van der Waals surface area contributed by atoms with Gasteiger partial charge in [-0.25, -0.2) is 0 Å². The topological polar surface area (TPSA) is 97.7 Å². The van der Waals surface area contributed by atoms with E-state index in [4.69, 9.17) is 5.11 Å². The summed E-state index contributed by atoms with van der Waals surface area (Å²) in [6.07, 6.45) is -1.45. The Labute approximate surface area is 82.0 Å². The molecule has 0 aromatic heterocycles. The minimum absolute atomic E-state index is 0.0327. The average molecular weight is 205 g/mol. The number of quaternary nitrogens is 1. The summed E-state index contributed by atoms with van der Waals surface area (Å²) >= 11 is 0. The Bertz CT molecular complexity index is 218. The first-order chi connectivity index (χ1) is 6.15. The number of carboxylic acid groups (broad SMARTS) is 2. The van der Waals surface area contributed by atoms with Crippen molar-refractivity contribution < 1.29 is 29.4 Å². The molecule has 2 unspecified atom stereocenters. The van der Waals surface area contributed by atoms with E-state index in [2.05, 4.69) is 0 Å². The predicted molar refractivity (Wildman–Crippen MR) is 45.0 cm³/mol. The SMILES string of the molecule is C[N+](C)(C)CC(O)C(C(=O)[O-])C(=O)O. The molecule has 0 spiro atoms. The van der Waals surface area contributed by atoms with Gasteiger partial charge in [-0.05, 0) is 0 Å². The second-order valence-corrected chi connectivity index (χ2v) is 4.18. The zero-order chi connectivity index (χ0) is 11.5. The molecule has 82 valence electrons. The largest absolute Gasteiger partial charge is 0.549 e. The summed E-state index contributed by atoms with van der Waals surface area (Å²) in [6, 6.07) is 0. The fraction of sp³-hybridized carbons (Fsp3) is 0.750. The summed E-state index contributed by atoms with van der Waals surface area (Å²) < 4.78 is 0.276. The molecule has 0 saturated carbocycles. The lowest BCUT2D eigenvalue weighted by atomic mass is 10.0. The zero-order valence-electron chi connectivity index (χ0n) is 8.43. The summed E-state index contributed by atoms with van der Waals surface area (Å²) in [6.45, 7) is 0.0327. The Hall–Kier alpha value is -1.14. The normalized spacial score (nSPS) is 16.0. The Balaban J connectivity index is 4.54. The van der Waals surface area contributed by atoms with E-state index >= 15 is 0 Å². The third-order valence-electron chi connectivity index (χ3n) is 1.64. The third kappa shape index (κ3) is 4.20. The van der Waals surface area contributed by atoms with E-state index in [0.29, 0.717) is 0 Å². The van der Waals surface area contributed by atoms with Gasteiger partial charge in [0.05, 0.1) is 27.1 Å². The Morgan fingerprint density at radius 3 is 2.00 bits per heavy atom. The fourth-order valence-electron chi connectivity index (χ4n) is 1.09. The van der Waals surface area contributed by atoms with Gasteiger partial charge in [-0.1, -0.05) is 0 Å². The molecule has 0 rings (SSSR count).